The van der Waals surface area contributed by atoms with Crippen LogP contribution in [-0.2, 0) is 19.3 Å². The van der Waals surface area contributed by atoms with E-state index in [0.717, 1.165) is 12.1 Å². The third kappa shape index (κ3) is 4.19. The summed E-state index contributed by atoms with van der Waals surface area (Å²) in [5.74, 6) is -0.192. The number of alkyl halides is 3. The molecule has 0 saturated carbocycles. The number of amides is 1. The van der Waals surface area contributed by atoms with Gasteiger partial charge in [0, 0.05) is 18.3 Å². The normalized spacial score (nSPS) is 11.6. The van der Waals surface area contributed by atoms with E-state index in [0.29, 0.717) is 17.8 Å². The first-order valence-electron chi connectivity index (χ1n) is 8.42. The summed E-state index contributed by atoms with van der Waals surface area (Å²) in [6.45, 7) is 4.19. The smallest absolute Gasteiger partial charge is 0.304 e. The van der Waals surface area contributed by atoms with Crippen LogP contribution in [0.1, 0.15) is 34.2 Å². The summed E-state index contributed by atoms with van der Waals surface area (Å²) in [5, 5.41) is 11.1. The molecule has 148 valence electrons. The van der Waals surface area contributed by atoms with Gasteiger partial charge in [0.1, 0.15) is 5.69 Å². The Bertz CT molecular complexity index is 1010. The molecule has 6 nitrogen and oxygen atoms in total. The van der Waals surface area contributed by atoms with Crippen LogP contribution < -0.4 is 5.32 Å². The van der Waals surface area contributed by atoms with Gasteiger partial charge >= 0.3 is 6.18 Å². The summed E-state index contributed by atoms with van der Waals surface area (Å²) in [7, 11) is 0. The summed E-state index contributed by atoms with van der Waals surface area (Å²) in [6.07, 6.45) is -3.02. The molecule has 0 spiro atoms. The molecule has 0 atom stereocenters. The van der Waals surface area contributed by atoms with Crippen molar-refractivity contribution >= 4 is 23.3 Å². The minimum atomic E-state index is -4.41. The van der Waals surface area contributed by atoms with E-state index in [9.17, 15) is 18.0 Å². The molecule has 28 heavy (non-hydrogen) atoms. The fraction of sp³-hybridized carbons (Fsp3) is 0.278. The Morgan fingerprint density at radius 2 is 2.00 bits per heavy atom. The molecule has 2 heterocycles. The van der Waals surface area contributed by atoms with E-state index in [1.54, 1.807) is 19.1 Å². The van der Waals surface area contributed by atoms with Gasteiger partial charge in [-0.05, 0) is 31.5 Å². The van der Waals surface area contributed by atoms with E-state index in [1.165, 1.54) is 21.6 Å². The van der Waals surface area contributed by atoms with Crippen LogP contribution in [0.2, 0.25) is 5.02 Å². The van der Waals surface area contributed by atoms with Crippen molar-refractivity contribution in [2.75, 3.05) is 5.32 Å². The van der Waals surface area contributed by atoms with Crippen LogP contribution in [0.4, 0.5) is 19.0 Å². The van der Waals surface area contributed by atoms with Crippen LogP contribution in [0, 0.1) is 6.92 Å². The summed E-state index contributed by atoms with van der Waals surface area (Å²) in [5.41, 5.74) is 0.633. The maximum atomic E-state index is 12.9. The molecular weight excluding hydrogens is 395 g/mol. The third-order valence-corrected chi connectivity index (χ3v) is 4.40. The van der Waals surface area contributed by atoms with Crippen molar-refractivity contribution in [3.05, 3.63) is 64.1 Å². The monoisotopic (exact) mass is 411 g/mol. The number of hydrogen-bond acceptors (Lipinski definition) is 3. The van der Waals surface area contributed by atoms with E-state index in [4.69, 9.17) is 11.6 Å². The number of rotatable bonds is 5. The average molecular weight is 412 g/mol. The van der Waals surface area contributed by atoms with Crippen LogP contribution in [-0.4, -0.2) is 25.5 Å². The van der Waals surface area contributed by atoms with Crippen LogP contribution in [0.25, 0.3) is 0 Å². The molecule has 3 aromatic rings. The van der Waals surface area contributed by atoms with Crippen LogP contribution in [0.5, 0.6) is 0 Å². The molecule has 1 amide bonds. The van der Waals surface area contributed by atoms with Gasteiger partial charge in [0.2, 0.25) is 0 Å². The SMILES string of the molecule is CCn1ncc(Cl)c1C(=O)Nc1cc(C)n(Cc2cccc(C(F)(F)F)c2)n1. The Morgan fingerprint density at radius 1 is 1.25 bits per heavy atom. The maximum absolute atomic E-state index is 12.9. The first kappa shape index (κ1) is 19.9. The minimum absolute atomic E-state index is 0.138. The van der Waals surface area contributed by atoms with Gasteiger partial charge in [0.25, 0.3) is 5.91 Å². The van der Waals surface area contributed by atoms with Crippen LogP contribution in [0.3, 0.4) is 0 Å². The molecule has 10 heteroatoms. The molecule has 0 unspecified atom stereocenters. The van der Waals surface area contributed by atoms with Gasteiger partial charge in [-0.15, -0.1) is 0 Å². The fourth-order valence-corrected chi connectivity index (χ4v) is 2.98. The predicted molar refractivity (Wildman–Crippen MR) is 98.4 cm³/mol. The number of hydrogen-bond donors (Lipinski definition) is 1. The number of nitrogens with zero attached hydrogens (tertiary/aromatic N) is 4. The van der Waals surface area contributed by atoms with E-state index < -0.39 is 17.6 Å². The molecule has 0 fully saturated rings. The van der Waals surface area contributed by atoms with Gasteiger partial charge in [0.05, 0.1) is 23.3 Å². The molecule has 3 rings (SSSR count). The Kier molecular flexibility index (Phi) is 5.46. The van der Waals surface area contributed by atoms with Crippen molar-refractivity contribution in [1.82, 2.24) is 19.6 Å². The third-order valence-electron chi connectivity index (χ3n) is 4.12. The zero-order valence-electron chi connectivity index (χ0n) is 15.1. The van der Waals surface area contributed by atoms with Crippen LogP contribution >= 0.6 is 11.6 Å². The maximum Gasteiger partial charge on any atom is 0.416 e. The number of halogens is 4. The number of aryl methyl sites for hydroxylation is 2. The van der Waals surface area contributed by atoms with Crippen molar-refractivity contribution in [3.8, 4) is 0 Å². The quantitative estimate of drug-likeness (QED) is 0.677. The lowest BCUT2D eigenvalue weighted by Gasteiger charge is -2.09. The highest BCUT2D eigenvalue weighted by molar-refractivity contribution is 6.34. The number of carbonyl (C=O) groups excluding carboxylic acids is 1. The predicted octanol–water partition coefficient (Wildman–Crippen LogP) is 4.38. The summed E-state index contributed by atoms with van der Waals surface area (Å²) < 4.78 is 41.6. The van der Waals surface area contributed by atoms with E-state index in [-0.39, 0.29) is 23.1 Å². The molecular formula is C18H17ClF3N5O. The summed E-state index contributed by atoms with van der Waals surface area (Å²) >= 11 is 6.02. The highest BCUT2D eigenvalue weighted by Gasteiger charge is 2.30. The second kappa shape index (κ2) is 7.67. The van der Waals surface area contributed by atoms with Crippen LogP contribution in [0.15, 0.2) is 36.5 Å². The van der Waals surface area contributed by atoms with Crippen molar-refractivity contribution in [1.29, 1.82) is 0 Å². The average Bonchev–Trinajstić information content (AvgIpc) is 3.16. The van der Waals surface area contributed by atoms with Crippen molar-refractivity contribution in [2.45, 2.75) is 33.1 Å². The molecule has 0 bridgehead atoms. The number of nitrogens with one attached hydrogen (secondary N) is 1. The fourth-order valence-electron chi connectivity index (χ4n) is 2.75. The van der Waals surface area contributed by atoms with Gasteiger partial charge in [-0.2, -0.15) is 23.4 Å². The largest absolute Gasteiger partial charge is 0.416 e. The lowest BCUT2D eigenvalue weighted by molar-refractivity contribution is -0.137. The lowest BCUT2D eigenvalue weighted by atomic mass is 10.1. The first-order chi connectivity index (χ1) is 13.2. The molecule has 0 saturated heterocycles. The number of anilines is 1. The second-order valence-electron chi connectivity index (χ2n) is 6.14. The van der Waals surface area contributed by atoms with Gasteiger partial charge in [-0.1, -0.05) is 23.7 Å². The molecule has 0 aliphatic rings. The zero-order valence-corrected chi connectivity index (χ0v) is 15.8. The molecule has 2 aromatic heterocycles. The molecule has 1 N–H and O–H groups in total. The Morgan fingerprint density at radius 3 is 2.68 bits per heavy atom. The Balaban J connectivity index is 1.78. The number of aromatic nitrogens is 4. The number of carbonyl (C=O) groups is 1. The lowest BCUT2D eigenvalue weighted by Crippen LogP contribution is -2.18. The van der Waals surface area contributed by atoms with E-state index in [2.05, 4.69) is 15.5 Å². The van der Waals surface area contributed by atoms with Crippen molar-refractivity contribution in [2.24, 2.45) is 0 Å². The van der Waals surface area contributed by atoms with Gasteiger partial charge in [-0.3, -0.25) is 14.2 Å². The van der Waals surface area contributed by atoms with Crippen molar-refractivity contribution in [3.63, 3.8) is 0 Å². The van der Waals surface area contributed by atoms with Crippen molar-refractivity contribution < 1.29 is 18.0 Å². The number of benzene rings is 1. The highest BCUT2D eigenvalue weighted by Crippen LogP contribution is 2.29. The first-order valence-corrected chi connectivity index (χ1v) is 8.80. The summed E-state index contributed by atoms with van der Waals surface area (Å²) in [4.78, 5) is 12.5. The summed E-state index contributed by atoms with van der Waals surface area (Å²) in [6, 6.07) is 6.68. The standard InChI is InChI=1S/C18H17ClF3N5O/c1-3-26-16(14(19)9-23-26)17(28)24-15-7-11(2)27(25-15)10-12-5-4-6-13(8-12)18(20,21)22/h4-9H,3,10H2,1-2H3,(H,24,25,28). The molecule has 0 aliphatic carbocycles. The topological polar surface area (TPSA) is 64.7 Å². The van der Waals surface area contributed by atoms with Gasteiger partial charge < -0.3 is 5.32 Å². The van der Waals surface area contributed by atoms with Gasteiger partial charge in [0.15, 0.2) is 5.82 Å². The van der Waals surface area contributed by atoms with E-state index >= 15 is 0 Å². The minimum Gasteiger partial charge on any atom is -0.304 e. The Hall–Kier alpha value is -2.81. The second-order valence-corrected chi connectivity index (χ2v) is 6.54. The highest BCUT2D eigenvalue weighted by atomic mass is 35.5. The molecule has 0 radical (unpaired) electrons. The Labute approximate surface area is 163 Å². The molecule has 1 aromatic carbocycles. The zero-order chi connectivity index (χ0) is 20.5. The van der Waals surface area contributed by atoms with Gasteiger partial charge in [-0.25, -0.2) is 0 Å². The molecule has 0 aliphatic heterocycles. The van der Waals surface area contributed by atoms with E-state index in [1.807, 2.05) is 6.92 Å².